The number of nitrogens with one attached hydrogen (secondary N) is 1. The molecular formula is C17H28N4O2. The van der Waals surface area contributed by atoms with E-state index in [-0.39, 0.29) is 12.1 Å². The number of rotatable bonds is 2. The summed E-state index contributed by atoms with van der Waals surface area (Å²) in [5.74, 6) is 0.619. The van der Waals surface area contributed by atoms with E-state index in [0.29, 0.717) is 12.5 Å². The number of carbonyl (C=O) groups excluding carboxylic acids is 1. The maximum absolute atomic E-state index is 12.2. The van der Waals surface area contributed by atoms with Crippen LogP contribution in [0.2, 0.25) is 0 Å². The van der Waals surface area contributed by atoms with Gasteiger partial charge in [-0.05, 0) is 64.6 Å². The molecular weight excluding hydrogens is 292 g/mol. The predicted octanol–water partition coefficient (Wildman–Crippen LogP) is 2.53. The van der Waals surface area contributed by atoms with Gasteiger partial charge in [-0.25, -0.2) is 4.79 Å². The van der Waals surface area contributed by atoms with Gasteiger partial charge in [-0.1, -0.05) is 0 Å². The molecule has 0 aromatic carbocycles. The van der Waals surface area contributed by atoms with Crippen molar-refractivity contribution in [1.82, 2.24) is 20.0 Å². The fourth-order valence-electron chi connectivity index (χ4n) is 3.37. The maximum Gasteiger partial charge on any atom is 0.410 e. The van der Waals surface area contributed by atoms with Gasteiger partial charge < -0.3 is 15.0 Å². The van der Waals surface area contributed by atoms with Crippen LogP contribution in [0.5, 0.6) is 0 Å². The number of piperidine rings is 1. The van der Waals surface area contributed by atoms with Gasteiger partial charge in [0.25, 0.3) is 0 Å². The van der Waals surface area contributed by atoms with Crippen molar-refractivity contribution < 1.29 is 9.53 Å². The molecule has 2 aliphatic rings. The summed E-state index contributed by atoms with van der Waals surface area (Å²) in [5, 5.41) is 7.96. The topological polar surface area (TPSA) is 59.4 Å². The van der Waals surface area contributed by atoms with Crippen LogP contribution >= 0.6 is 0 Å². The van der Waals surface area contributed by atoms with Gasteiger partial charge >= 0.3 is 6.09 Å². The van der Waals surface area contributed by atoms with Gasteiger partial charge in [0.2, 0.25) is 0 Å². The van der Waals surface area contributed by atoms with Crippen LogP contribution in [0.15, 0.2) is 12.4 Å². The third kappa shape index (κ3) is 4.05. The normalized spacial score (nSPS) is 23.3. The van der Waals surface area contributed by atoms with Crippen LogP contribution in [0.3, 0.4) is 0 Å². The van der Waals surface area contributed by atoms with Gasteiger partial charge in [-0.15, -0.1) is 0 Å². The molecule has 3 rings (SSSR count). The van der Waals surface area contributed by atoms with Crippen LogP contribution in [0, 0.1) is 0 Å². The Labute approximate surface area is 138 Å². The van der Waals surface area contributed by atoms with Crippen molar-refractivity contribution in [3.63, 3.8) is 0 Å². The second-order valence-corrected chi connectivity index (χ2v) is 7.65. The number of aromatic nitrogens is 2. The van der Waals surface area contributed by atoms with Crippen LogP contribution in [0.4, 0.5) is 4.79 Å². The van der Waals surface area contributed by atoms with Crippen molar-refractivity contribution in [3.05, 3.63) is 18.0 Å². The quantitative estimate of drug-likeness (QED) is 0.910. The Kier molecular flexibility index (Phi) is 4.62. The molecule has 1 aromatic heterocycles. The zero-order valence-corrected chi connectivity index (χ0v) is 14.4. The van der Waals surface area contributed by atoms with Gasteiger partial charge in [0.1, 0.15) is 5.60 Å². The fourth-order valence-corrected chi connectivity index (χ4v) is 3.37. The minimum atomic E-state index is -0.441. The Hall–Kier alpha value is -1.56. The molecule has 0 spiro atoms. The van der Waals surface area contributed by atoms with E-state index in [1.54, 1.807) is 4.90 Å². The highest BCUT2D eigenvalue weighted by molar-refractivity contribution is 5.68. The first-order valence-corrected chi connectivity index (χ1v) is 8.65. The zero-order valence-electron chi connectivity index (χ0n) is 14.4. The summed E-state index contributed by atoms with van der Waals surface area (Å²) < 4.78 is 7.50. The van der Waals surface area contributed by atoms with Gasteiger partial charge in [0.15, 0.2) is 0 Å². The number of carbonyl (C=O) groups is 1. The van der Waals surface area contributed by atoms with Crippen molar-refractivity contribution in [2.75, 3.05) is 26.2 Å². The van der Waals surface area contributed by atoms with Gasteiger partial charge in [-0.2, -0.15) is 5.10 Å². The van der Waals surface area contributed by atoms with Crippen molar-refractivity contribution in [2.45, 2.75) is 57.6 Å². The summed E-state index contributed by atoms with van der Waals surface area (Å²) in [6, 6.07) is 0.262. The Morgan fingerprint density at radius 1 is 1.30 bits per heavy atom. The Bertz CT molecular complexity index is 543. The summed E-state index contributed by atoms with van der Waals surface area (Å²) in [6.45, 7) is 9.30. The molecule has 2 fully saturated rings. The maximum atomic E-state index is 12.2. The van der Waals surface area contributed by atoms with E-state index in [2.05, 4.69) is 16.6 Å². The van der Waals surface area contributed by atoms with Crippen LogP contribution in [0.25, 0.3) is 0 Å². The highest BCUT2D eigenvalue weighted by Crippen LogP contribution is 2.28. The summed E-state index contributed by atoms with van der Waals surface area (Å²) in [6.07, 6.45) is 7.27. The molecule has 3 heterocycles. The van der Waals surface area contributed by atoms with Gasteiger partial charge in [-0.3, -0.25) is 4.68 Å². The van der Waals surface area contributed by atoms with Crippen molar-refractivity contribution in [3.8, 4) is 0 Å². The number of amides is 1. The molecule has 6 nitrogen and oxygen atoms in total. The molecule has 128 valence electrons. The largest absolute Gasteiger partial charge is 0.444 e. The molecule has 0 aliphatic carbocycles. The lowest BCUT2D eigenvalue weighted by Crippen LogP contribution is -2.35. The van der Waals surface area contributed by atoms with E-state index in [9.17, 15) is 4.79 Å². The van der Waals surface area contributed by atoms with Crippen LogP contribution in [-0.2, 0) is 4.74 Å². The lowest BCUT2D eigenvalue weighted by Gasteiger charge is -2.24. The molecule has 1 aromatic rings. The lowest BCUT2D eigenvalue weighted by atomic mass is 9.93. The summed E-state index contributed by atoms with van der Waals surface area (Å²) >= 11 is 0. The molecule has 23 heavy (non-hydrogen) atoms. The van der Waals surface area contributed by atoms with Gasteiger partial charge in [0.05, 0.1) is 12.2 Å². The van der Waals surface area contributed by atoms with Crippen LogP contribution in [-0.4, -0.2) is 52.6 Å². The molecule has 2 saturated heterocycles. The summed E-state index contributed by atoms with van der Waals surface area (Å²) in [5.41, 5.74) is 0.894. The zero-order chi connectivity index (χ0) is 16.4. The van der Waals surface area contributed by atoms with E-state index < -0.39 is 5.60 Å². The summed E-state index contributed by atoms with van der Waals surface area (Å²) in [7, 11) is 0. The number of likely N-dealkylation sites (tertiary alicyclic amines) is 1. The highest BCUT2D eigenvalue weighted by atomic mass is 16.6. The van der Waals surface area contributed by atoms with Crippen molar-refractivity contribution >= 4 is 6.09 Å². The molecule has 0 bridgehead atoms. The first-order valence-electron chi connectivity index (χ1n) is 8.65. The second kappa shape index (κ2) is 6.51. The highest BCUT2D eigenvalue weighted by Gasteiger charge is 2.31. The molecule has 0 radical (unpaired) electrons. The van der Waals surface area contributed by atoms with E-state index in [1.807, 2.05) is 31.6 Å². The fraction of sp³-hybridized carbons (Fsp3) is 0.765. The molecule has 1 atom stereocenters. The number of nitrogens with zero attached hydrogens (tertiary/aromatic N) is 3. The molecule has 2 aliphatic heterocycles. The minimum Gasteiger partial charge on any atom is -0.444 e. The molecule has 0 saturated carbocycles. The van der Waals surface area contributed by atoms with E-state index in [1.165, 1.54) is 18.4 Å². The minimum absolute atomic E-state index is 0.217. The first kappa shape index (κ1) is 16.3. The van der Waals surface area contributed by atoms with Crippen LogP contribution < -0.4 is 5.32 Å². The average molecular weight is 320 g/mol. The van der Waals surface area contributed by atoms with Crippen molar-refractivity contribution in [2.24, 2.45) is 0 Å². The number of ether oxygens (including phenoxy) is 1. The number of hydrogen-bond donors (Lipinski definition) is 1. The number of hydrogen-bond acceptors (Lipinski definition) is 4. The van der Waals surface area contributed by atoms with E-state index >= 15 is 0 Å². The standard InChI is InChI=1S/C17H28N4O2/c1-17(2,3)23-16(22)20-9-6-15(12-20)21-11-14(10-19-21)13-4-7-18-8-5-13/h10-11,13,15,18H,4-9,12H2,1-3H3. The van der Waals surface area contributed by atoms with E-state index in [0.717, 1.165) is 26.1 Å². The summed E-state index contributed by atoms with van der Waals surface area (Å²) in [4.78, 5) is 14.0. The lowest BCUT2D eigenvalue weighted by molar-refractivity contribution is 0.0288. The average Bonchev–Trinajstić information content (AvgIpc) is 3.16. The Balaban J connectivity index is 1.59. The molecule has 1 unspecified atom stereocenters. The van der Waals surface area contributed by atoms with E-state index in [4.69, 9.17) is 4.74 Å². The SMILES string of the molecule is CC(C)(C)OC(=O)N1CCC(n2cc(C3CCNCC3)cn2)C1. The molecule has 6 heteroatoms. The second-order valence-electron chi connectivity index (χ2n) is 7.65. The molecule has 1 amide bonds. The Morgan fingerprint density at radius 3 is 2.74 bits per heavy atom. The third-order valence-electron chi connectivity index (χ3n) is 4.62. The monoisotopic (exact) mass is 320 g/mol. The smallest absolute Gasteiger partial charge is 0.410 e. The van der Waals surface area contributed by atoms with Crippen LogP contribution in [0.1, 0.15) is 57.6 Å². The van der Waals surface area contributed by atoms with Gasteiger partial charge in [0, 0.05) is 19.3 Å². The van der Waals surface area contributed by atoms with Crippen molar-refractivity contribution in [1.29, 1.82) is 0 Å². The predicted molar refractivity (Wildman–Crippen MR) is 88.5 cm³/mol. The molecule has 1 N–H and O–H groups in total. The third-order valence-corrected chi connectivity index (χ3v) is 4.62. The first-order chi connectivity index (χ1) is 10.9. The Morgan fingerprint density at radius 2 is 2.04 bits per heavy atom.